The Bertz CT molecular complexity index is 756. The van der Waals surface area contributed by atoms with Crippen LogP contribution in [-0.4, -0.2) is 26.1 Å². The van der Waals surface area contributed by atoms with Gasteiger partial charge in [-0.25, -0.2) is 4.68 Å². The highest BCUT2D eigenvalue weighted by molar-refractivity contribution is 5.63. The molecular weight excluding hydrogens is 262 g/mol. The molecule has 0 spiro atoms. The SMILES string of the molecule is Cn1cc(C2CCNc3cc(-c4ccccc4)nn32)cn1. The predicted molar refractivity (Wildman–Crippen MR) is 82.1 cm³/mol. The zero-order valence-electron chi connectivity index (χ0n) is 11.9. The molecule has 1 aliphatic heterocycles. The van der Waals surface area contributed by atoms with Crippen LogP contribution in [-0.2, 0) is 7.05 Å². The molecule has 4 rings (SSSR count). The van der Waals surface area contributed by atoms with E-state index in [0.717, 1.165) is 30.0 Å². The van der Waals surface area contributed by atoms with Gasteiger partial charge in [-0.15, -0.1) is 0 Å². The fourth-order valence-corrected chi connectivity index (χ4v) is 2.89. The smallest absolute Gasteiger partial charge is 0.125 e. The average Bonchev–Trinajstić information content (AvgIpc) is 3.14. The van der Waals surface area contributed by atoms with E-state index in [0.29, 0.717) is 0 Å². The molecule has 1 N–H and O–H groups in total. The van der Waals surface area contributed by atoms with Crippen molar-refractivity contribution in [2.45, 2.75) is 12.5 Å². The van der Waals surface area contributed by atoms with Crippen molar-refractivity contribution in [3.63, 3.8) is 0 Å². The summed E-state index contributed by atoms with van der Waals surface area (Å²) in [6.45, 7) is 0.958. The van der Waals surface area contributed by atoms with Gasteiger partial charge in [-0.2, -0.15) is 10.2 Å². The van der Waals surface area contributed by atoms with Gasteiger partial charge in [0.05, 0.1) is 17.9 Å². The third kappa shape index (κ3) is 2.11. The normalized spacial score (nSPS) is 17.3. The number of nitrogens with zero attached hydrogens (tertiary/aromatic N) is 4. The fraction of sp³-hybridized carbons (Fsp3) is 0.250. The third-order valence-corrected chi connectivity index (χ3v) is 3.93. The van der Waals surface area contributed by atoms with Crippen molar-refractivity contribution in [2.75, 3.05) is 11.9 Å². The van der Waals surface area contributed by atoms with E-state index in [9.17, 15) is 0 Å². The number of rotatable bonds is 2. The Morgan fingerprint density at radius 3 is 2.86 bits per heavy atom. The van der Waals surface area contributed by atoms with Gasteiger partial charge in [-0.3, -0.25) is 4.68 Å². The number of benzene rings is 1. The first kappa shape index (κ1) is 12.2. The summed E-state index contributed by atoms with van der Waals surface area (Å²) in [4.78, 5) is 0. The monoisotopic (exact) mass is 279 g/mol. The van der Waals surface area contributed by atoms with E-state index in [1.54, 1.807) is 0 Å². The molecule has 0 radical (unpaired) electrons. The zero-order chi connectivity index (χ0) is 14.2. The highest BCUT2D eigenvalue weighted by atomic mass is 15.4. The number of nitrogens with one attached hydrogen (secondary N) is 1. The predicted octanol–water partition coefficient (Wildman–Crippen LogP) is 2.69. The fourth-order valence-electron chi connectivity index (χ4n) is 2.89. The maximum Gasteiger partial charge on any atom is 0.125 e. The van der Waals surface area contributed by atoms with E-state index < -0.39 is 0 Å². The summed E-state index contributed by atoms with van der Waals surface area (Å²) in [5.41, 5.74) is 3.36. The van der Waals surface area contributed by atoms with Gasteiger partial charge in [0.1, 0.15) is 5.82 Å². The lowest BCUT2D eigenvalue weighted by atomic mass is 10.1. The van der Waals surface area contributed by atoms with Gasteiger partial charge in [0.15, 0.2) is 0 Å². The molecule has 2 aromatic heterocycles. The maximum atomic E-state index is 4.81. The lowest BCUT2D eigenvalue weighted by molar-refractivity contribution is 0.483. The molecule has 3 heterocycles. The van der Waals surface area contributed by atoms with Gasteiger partial charge < -0.3 is 5.32 Å². The van der Waals surface area contributed by atoms with Crippen LogP contribution in [0.1, 0.15) is 18.0 Å². The van der Waals surface area contributed by atoms with Crippen LogP contribution in [0.3, 0.4) is 0 Å². The maximum absolute atomic E-state index is 4.81. The van der Waals surface area contributed by atoms with Crippen molar-refractivity contribution in [1.82, 2.24) is 19.6 Å². The topological polar surface area (TPSA) is 47.7 Å². The van der Waals surface area contributed by atoms with Crippen LogP contribution >= 0.6 is 0 Å². The van der Waals surface area contributed by atoms with E-state index in [1.807, 2.05) is 36.1 Å². The van der Waals surface area contributed by atoms with Gasteiger partial charge in [0, 0.05) is 37.0 Å². The average molecular weight is 279 g/mol. The van der Waals surface area contributed by atoms with Gasteiger partial charge >= 0.3 is 0 Å². The van der Waals surface area contributed by atoms with Crippen LogP contribution in [0.5, 0.6) is 0 Å². The van der Waals surface area contributed by atoms with Crippen molar-refractivity contribution >= 4 is 5.82 Å². The second kappa shape index (κ2) is 4.77. The second-order valence-electron chi connectivity index (χ2n) is 5.40. The lowest BCUT2D eigenvalue weighted by Crippen LogP contribution is -2.24. The molecule has 3 aromatic rings. The first-order chi connectivity index (χ1) is 10.3. The van der Waals surface area contributed by atoms with Crippen LogP contribution in [0.15, 0.2) is 48.8 Å². The number of anilines is 1. The Morgan fingerprint density at radius 1 is 1.24 bits per heavy atom. The Balaban J connectivity index is 1.76. The molecule has 0 aliphatic carbocycles. The first-order valence-corrected chi connectivity index (χ1v) is 7.18. The number of aromatic nitrogens is 4. The standard InChI is InChI=1S/C16H17N5/c1-20-11-13(10-18-20)15-7-8-17-16-9-14(19-21(15)16)12-5-3-2-4-6-12/h2-6,9-11,15,17H,7-8H2,1H3. The van der Waals surface area contributed by atoms with E-state index in [1.165, 1.54) is 5.56 Å². The molecule has 1 atom stereocenters. The zero-order valence-corrected chi connectivity index (χ0v) is 11.9. The molecule has 0 bridgehead atoms. The van der Waals surface area contributed by atoms with Crippen molar-refractivity contribution in [3.05, 3.63) is 54.4 Å². The van der Waals surface area contributed by atoms with E-state index in [4.69, 9.17) is 5.10 Å². The molecule has 5 nitrogen and oxygen atoms in total. The quantitative estimate of drug-likeness (QED) is 0.784. The number of hydrogen-bond donors (Lipinski definition) is 1. The Morgan fingerprint density at radius 2 is 2.10 bits per heavy atom. The number of aryl methyl sites for hydroxylation is 1. The second-order valence-corrected chi connectivity index (χ2v) is 5.40. The van der Waals surface area contributed by atoms with Crippen LogP contribution in [0.25, 0.3) is 11.3 Å². The van der Waals surface area contributed by atoms with E-state index >= 15 is 0 Å². The molecule has 1 unspecified atom stereocenters. The van der Waals surface area contributed by atoms with E-state index in [-0.39, 0.29) is 6.04 Å². The van der Waals surface area contributed by atoms with Crippen molar-refractivity contribution in [1.29, 1.82) is 0 Å². The van der Waals surface area contributed by atoms with E-state index in [2.05, 4.69) is 39.5 Å². The Labute approximate surface area is 123 Å². The molecule has 1 aliphatic rings. The molecule has 5 heteroatoms. The summed E-state index contributed by atoms with van der Waals surface area (Å²) in [7, 11) is 1.95. The summed E-state index contributed by atoms with van der Waals surface area (Å²) < 4.78 is 3.93. The Hall–Kier alpha value is -2.56. The van der Waals surface area contributed by atoms with Crippen molar-refractivity contribution < 1.29 is 0 Å². The van der Waals surface area contributed by atoms with Crippen LogP contribution in [0.4, 0.5) is 5.82 Å². The van der Waals surface area contributed by atoms with Crippen LogP contribution in [0, 0.1) is 0 Å². The lowest BCUT2D eigenvalue weighted by Gasteiger charge is -2.24. The van der Waals surface area contributed by atoms with Crippen molar-refractivity contribution in [2.24, 2.45) is 7.05 Å². The Kier molecular flexibility index (Phi) is 2.77. The minimum Gasteiger partial charge on any atom is -0.370 e. The van der Waals surface area contributed by atoms with Gasteiger partial charge in [0.2, 0.25) is 0 Å². The summed E-state index contributed by atoms with van der Waals surface area (Å²) in [6, 6.07) is 12.7. The number of hydrogen-bond acceptors (Lipinski definition) is 3. The molecule has 0 saturated carbocycles. The molecule has 21 heavy (non-hydrogen) atoms. The van der Waals surface area contributed by atoms with Crippen LogP contribution in [0.2, 0.25) is 0 Å². The summed E-state index contributed by atoms with van der Waals surface area (Å²) in [6.07, 6.45) is 5.03. The molecular formula is C16H17N5. The molecule has 106 valence electrons. The first-order valence-electron chi connectivity index (χ1n) is 7.18. The summed E-state index contributed by atoms with van der Waals surface area (Å²) in [5.74, 6) is 1.08. The largest absolute Gasteiger partial charge is 0.370 e. The summed E-state index contributed by atoms with van der Waals surface area (Å²) >= 11 is 0. The highest BCUT2D eigenvalue weighted by Gasteiger charge is 2.24. The molecule has 0 saturated heterocycles. The van der Waals surface area contributed by atoms with Gasteiger partial charge in [-0.05, 0) is 6.42 Å². The summed E-state index contributed by atoms with van der Waals surface area (Å²) in [5, 5.41) is 12.5. The van der Waals surface area contributed by atoms with Crippen molar-refractivity contribution in [3.8, 4) is 11.3 Å². The van der Waals surface area contributed by atoms with Gasteiger partial charge in [0.25, 0.3) is 0 Å². The van der Waals surface area contributed by atoms with Crippen LogP contribution < -0.4 is 5.32 Å². The molecule has 1 aromatic carbocycles. The highest BCUT2D eigenvalue weighted by Crippen LogP contribution is 2.32. The minimum atomic E-state index is 0.257. The third-order valence-electron chi connectivity index (χ3n) is 3.93. The molecule has 0 fully saturated rings. The molecule has 0 amide bonds. The van der Waals surface area contributed by atoms with Gasteiger partial charge in [-0.1, -0.05) is 30.3 Å². The number of fused-ring (bicyclic) bond motifs is 1. The minimum absolute atomic E-state index is 0.257.